The van der Waals surface area contributed by atoms with Crippen LogP contribution in [0.1, 0.15) is 63.0 Å². The van der Waals surface area contributed by atoms with Crippen molar-refractivity contribution in [2.45, 2.75) is 73.7 Å². The van der Waals surface area contributed by atoms with E-state index in [4.69, 9.17) is 49.6 Å². The molecule has 4 aromatic carbocycles. The van der Waals surface area contributed by atoms with Crippen LogP contribution in [0.25, 0.3) is 65.9 Å². The van der Waals surface area contributed by atoms with Gasteiger partial charge in [-0.25, -0.2) is 26.0 Å². The summed E-state index contributed by atoms with van der Waals surface area (Å²) in [4.78, 5) is 49.4. The van der Waals surface area contributed by atoms with Crippen molar-refractivity contribution in [3.63, 3.8) is 0 Å². The molecule has 8 aromatic rings. The highest BCUT2D eigenvalue weighted by atomic mass is 32.2. The predicted molar refractivity (Wildman–Crippen MR) is 312 cm³/mol. The zero-order valence-electron chi connectivity index (χ0n) is 46.9. The lowest BCUT2D eigenvalue weighted by molar-refractivity contribution is -0.122. The van der Waals surface area contributed by atoms with Crippen LogP contribution in [-0.4, -0.2) is 162 Å². The quantitative estimate of drug-likeness (QED) is 0.107. The Morgan fingerprint density at radius 3 is 1.89 bits per heavy atom. The average Bonchev–Trinajstić information content (AvgIpc) is 3.95. The van der Waals surface area contributed by atoms with Crippen LogP contribution in [0, 0.1) is 29.2 Å². The number of sulfone groups is 1. The summed E-state index contributed by atoms with van der Waals surface area (Å²) in [5.74, 6) is -3.42. The van der Waals surface area contributed by atoms with E-state index in [0.29, 0.717) is 43.3 Å². The molecular formula is C62H63F4N11O7S. The summed E-state index contributed by atoms with van der Waals surface area (Å²) in [5, 5.41) is 1.17. The van der Waals surface area contributed by atoms with E-state index >= 15 is 17.6 Å². The van der Waals surface area contributed by atoms with Gasteiger partial charge in [0.2, 0.25) is 5.91 Å². The van der Waals surface area contributed by atoms with Gasteiger partial charge in [-0.1, -0.05) is 54.6 Å². The Balaban J connectivity index is 0.804. The highest BCUT2D eigenvalue weighted by Crippen LogP contribution is 2.51. The van der Waals surface area contributed by atoms with Crippen LogP contribution in [0.2, 0.25) is 0 Å². The van der Waals surface area contributed by atoms with Crippen molar-refractivity contribution in [3.8, 4) is 34.5 Å². The van der Waals surface area contributed by atoms with Crippen LogP contribution in [0.4, 0.5) is 29.2 Å². The number of primary amides is 1. The lowest BCUT2D eigenvalue weighted by Crippen LogP contribution is -2.44. The fraction of sp³-hybridized carbons (Fsp3) is 0.435. The molecule has 10 heterocycles. The van der Waals surface area contributed by atoms with Gasteiger partial charge in [0.25, 0.3) is 0 Å². The zero-order chi connectivity index (χ0) is 58.4. The van der Waals surface area contributed by atoms with Gasteiger partial charge in [0.1, 0.15) is 64.2 Å². The molecule has 23 heteroatoms. The van der Waals surface area contributed by atoms with Crippen molar-refractivity contribution in [3.05, 3.63) is 108 Å². The van der Waals surface area contributed by atoms with Gasteiger partial charge in [0.15, 0.2) is 21.5 Å². The Labute approximate surface area is 487 Å². The summed E-state index contributed by atoms with van der Waals surface area (Å²) in [5.41, 5.74) is 5.96. The number of carbonyl (C=O) groups excluding carboxylic acids is 1. The second-order valence-electron chi connectivity index (χ2n) is 23.7. The van der Waals surface area contributed by atoms with E-state index in [1.807, 2.05) is 6.07 Å². The number of aromatic nitrogens is 6. The minimum atomic E-state index is -3.55. The SMILES string of the molecule is CS(=O)(=O)C1COCCN(c2nc(OCC34CCCN3CCC4)nc3c(F)c(-c4cccc5c(C6CCC7(COc8nc(N9CCOCC(C(N)=O)C9)c9cnc(-c%10cccc%11cccc(F)c%10%11)c(F)c9n8)CCCN67)ccc(F)c45)ncc23)C1. The monoisotopic (exact) mass is 1180 g/mol. The summed E-state index contributed by atoms with van der Waals surface area (Å²) in [6.07, 6.45) is 11.0. The predicted octanol–water partition coefficient (Wildman–Crippen LogP) is 8.50. The van der Waals surface area contributed by atoms with Crippen molar-refractivity contribution < 1.29 is 49.7 Å². The highest BCUT2D eigenvalue weighted by molar-refractivity contribution is 7.91. The average molecular weight is 1180 g/mol. The number of amides is 1. The molecule has 0 aliphatic carbocycles. The molecule has 4 unspecified atom stereocenters. The molecule has 18 nitrogen and oxygen atoms in total. The molecule has 6 aliphatic rings. The van der Waals surface area contributed by atoms with Crippen LogP contribution in [0.15, 0.2) is 79.1 Å². The Bertz CT molecular complexity index is 4100. The second-order valence-corrected chi connectivity index (χ2v) is 26.0. The highest BCUT2D eigenvalue weighted by Gasteiger charge is 2.51. The van der Waals surface area contributed by atoms with Crippen LogP contribution in [0.3, 0.4) is 0 Å². The fourth-order valence-corrected chi connectivity index (χ4v) is 15.3. The van der Waals surface area contributed by atoms with Crippen molar-refractivity contribution >= 4 is 70.7 Å². The Morgan fingerprint density at radius 2 is 1.24 bits per heavy atom. The smallest absolute Gasteiger partial charge is 0.319 e. The third-order valence-electron chi connectivity index (χ3n) is 18.8. The van der Waals surface area contributed by atoms with Gasteiger partial charge in [0.05, 0.1) is 54.2 Å². The first kappa shape index (κ1) is 55.4. The molecule has 442 valence electrons. The molecule has 6 fully saturated rings. The van der Waals surface area contributed by atoms with Gasteiger partial charge < -0.3 is 34.5 Å². The first-order valence-corrected chi connectivity index (χ1v) is 31.1. The van der Waals surface area contributed by atoms with Crippen LogP contribution in [0.5, 0.6) is 12.0 Å². The third-order valence-corrected chi connectivity index (χ3v) is 20.3. The topological polar surface area (TPSA) is 204 Å². The van der Waals surface area contributed by atoms with Crippen LogP contribution < -0.4 is 25.0 Å². The summed E-state index contributed by atoms with van der Waals surface area (Å²) in [6.45, 7) is 4.31. The fourth-order valence-electron chi connectivity index (χ4n) is 14.5. The van der Waals surface area contributed by atoms with Crippen molar-refractivity contribution in [1.29, 1.82) is 0 Å². The molecule has 6 saturated heterocycles. The first-order valence-electron chi connectivity index (χ1n) is 29.2. The number of hydrogen-bond acceptors (Lipinski definition) is 17. The number of carbonyl (C=O) groups is 1. The lowest BCUT2D eigenvalue weighted by atomic mass is 9.92. The van der Waals surface area contributed by atoms with Crippen molar-refractivity contribution in [2.75, 3.05) is 102 Å². The number of nitrogens with zero attached hydrogens (tertiary/aromatic N) is 10. The van der Waals surface area contributed by atoms with Gasteiger partial charge in [-0.05, 0) is 99.5 Å². The molecule has 85 heavy (non-hydrogen) atoms. The standard InChI is InChI=1S/C62H63F4N11O7S/c1-85(79,80)38-31-75(25-27-82-33-38)58-44-29-69-53(51(66)55(44)70-59(73-58)83-34-61-17-5-21-76(61)22-6-18-61)42-12-4-10-40-39(14-15-46(64)49(40)42)47-16-20-62(19-7-23-77(47)62)35-84-60-71-54-43(57(72-60)74-24-26-81-32-37(30-74)56(67)78)28-68-52(50(54)65)41-11-2-8-36-9-3-13-45(63)48(36)41/h2-4,8-15,28-29,37-38,47H,5-7,16-27,30-35H2,1H3,(H2,67,78). The number of rotatable bonds is 13. The Morgan fingerprint density at radius 1 is 0.659 bits per heavy atom. The van der Waals surface area contributed by atoms with E-state index in [1.54, 1.807) is 58.3 Å². The zero-order valence-corrected chi connectivity index (χ0v) is 47.7. The number of fused-ring (bicyclic) bond motifs is 6. The molecule has 0 radical (unpaired) electrons. The number of hydrogen-bond donors (Lipinski definition) is 1. The van der Waals surface area contributed by atoms with E-state index in [2.05, 4.69) is 14.8 Å². The summed E-state index contributed by atoms with van der Waals surface area (Å²) < 4.78 is 118. The van der Waals surface area contributed by atoms with Crippen molar-refractivity contribution in [1.82, 2.24) is 39.7 Å². The molecule has 0 spiro atoms. The summed E-state index contributed by atoms with van der Waals surface area (Å²) in [6, 6.07) is 17.8. The minimum absolute atomic E-state index is 0.00140. The minimum Gasteiger partial charge on any atom is -0.461 e. The second kappa shape index (κ2) is 21.8. The van der Waals surface area contributed by atoms with Crippen LogP contribution in [-0.2, 0) is 24.1 Å². The third kappa shape index (κ3) is 9.78. The summed E-state index contributed by atoms with van der Waals surface area (Å²) in [7, 11) is -3.55. The first-order chi connectivity index (χ1) is 41.2. The number of nitrogens with two attached hydrogens (primary N) is 1. The van der Waals surface area contributed by atoms with E-state index in [1.165, 1.54) is 30.8 Å². The Kier molecular flexibility index (Phi) is 14.2. The molecule has 1 amide bonds. The Hall–Kier alpha value is -7.44. The van der Waals surface area contributed by atoms with Gasteiger partial charge in [-0.15, -0.1) is 0 Å². The molecular weight excluding hydrogens is 1120 g/mol. The van der Waals surface area contributed by atoms with E-state index in [0.717, 1.165) is 57.2 Å². The van der Waals surface area contributed by atoms with Crippen molar-refractivity contribution in [2.24, 2.45) is 11.7 Å². The molecule has 4 atom stereocenters. The van der Waals surface area contributed by atoms with Gasteiger partial charge >= 0.3 is 12.0 Å². The lowest BCUT2D eigenvalue weighted by Gasteiger charge is -2.35. The number of anilines is 2. The maximum Gasteiger partial charge on any atom is 0.319 e. The van der Waals surface area contributed by atoms with Gasteiger partial charge in [0, 0.05) is 72.8 Å². The molecule has 0 bridgehead atoms. The molecule has 14 rings (SSSR count). The van der Waals surface area contributed by atoms with Gasteiger partial charge in [-0.3, -0.25) is 24.6 Å². The van der Waals surface area contributed by atoms with Gasteiger partial charge in [-0.2, -0.15) is 19.9 Å². The summed E-state index contributed by atoms with van der Waals surface area (Å²) >= 11 is 0. The van der Waals surface area contributed by atoms with E-state index in [-0.39, 0.29) is 143 Å². The maximum atomic E-state index is 17.8. The number of ether oxygens (including phenoxy) is 4. The number of benzene rings is 4. The molecule has 6 aliphatic heterocycles. The number of halogens is 4. The number of pyridine rings is 2. The molecule has 4 aromatic heterocycles. The van der Waals surface area contributed by atoms with Crippen LogP contribution >= 0.6 is 0 Å². The van der Waals surface area contributed by atoms with E-state index < -0.39 is 55.7 Å². The molecule has 0 saturated carbocycles. The maximum absolute atomic E-state index is 17.8. The molecule has 2 N–H and O–H groups in total. The largest absolute Gasteiger partial charge is 0.461 e. The van der Waals surface area contributed by atoms with E-state index in [9.17, 15) is 13.2 Å². The normalized spacial score (nSPS) is 23.0.